The van der Waals surface area contributed by atoms with Crippen molar-refractivity contribution in [2.75, 3.05) is 13.7 Å². The van der Waals surface area contributed by atoms with Gasteiger partial charge in [0.1, 0.15) is 5.75 Å². The fourth-order valence-corrected chi connectivity index (χ4v) is 4.90. The molecule has 0 atom stereocenters. The van der Waals surface area contributed by atoms with Crippen molar-refractivity contribution >= 4 is 5.97 Å². The fourth-order valence-electron chi connectivity index (χ4n) is 4.90. The van der Waals surface area contributed by atoms with Gasteiger partial charge in [-0.2, -0.15) is 0 Å². The van der Waals surface area contributed by atoms with Crippen molar-refractivity contribution < 1.29 is 14.3 Å². The number of benzene rings is 2. The van der Waals surface area contributed by atoms with Gasteiger partial charge in [0.05, 0.1) is 19.3 Å². The summed E-state index contributed by atoms with van der Waals surface area (Å²) in [4.78, 5) is 11.8. The molecule has 0 N–H and O–H groups in total. The molecule has 180 valence electrons. The van der Waals surface area contributed by atoms with Gasteiger partial charge in [-0.15, -0.1) is 0 Å². The summed E-state index contributed by atoms with van der Waals surface area (Å²) < 4.78 is 11.3. The van der Waals surface area contributed by atoms with Gasteiger partial charge in [-0.25, -0.2) is 4.79 Å². The van der Waals surface area contributed by atoms with Crippen molar-refractivity contribution in [1.29, 1.82) is 0 Å². The molecule has 0 bridgehead atoms. The Morgan fingerprint density at radius 2 is 1.48 bits per heavy atom. The van der Waals surface area contributed by atoms with Crippen molar-refractivity contribution in [3.63, 3.8) is 0 Å². The molecule has 1 aliphatic rings. The molecule has 3 rings (SSSR count). The lowest BCUT2D eigenvalue weighted by atomic mass is 9.63. The van der Waals surface area contributed by atoms with Gasteiger partial charge < -0.3 is 9.47 Å². The Labute approximate surface area is 200 Å². The van der Waals surface area contributed by atoms with Crippen LogP contribution in [0, 0.1) is 0 Å². The fraction of sp³-hybridized carbons (Fsp3) is 0.567. The topological polar surface area (TPSA) is 35.5 Å². The van der Waals surface area contributed by atoms with Crippen molar-refractivity contribution in [3.8, 4) is 5.75 Å². The van der Waals surface area contributed by atoms with Gasteiger partial charge in [-0.1, -0.05) is 78.5 Å². The highest BCUT2D eigenvalue weighted by molar-refractivity contribution is 5.89. The average Bonchev–Trinajstić information content (AvgIpc) is 2.79. The quantitative estimate of drug-likeness (QED) is 0.274. The van der Waals surface area contributed by atoms with Gasteiger partial charge in [0, 0.05) is 6.42 Å². The van der Waals surface area contributed by atoms with Crippen LogP contribution in [-0.4, -0.2) is 19.7 Å². The smallest absolute Gasteiger partial charge is 0.337 e. The third-order valence-electron chi connectivity index (χ3n) is 7.31. The molecule has 2 aromatic rings. The average molecular weight is 451 g/mol. The minimum absolute atomic E-state index is 0.158. The Kier molecular flexibility index (Phi) is 8.26. The highest BCUT2D eigenvalue weighted by Gasteiger charge is 2.37. The van der Waals surface area contributed by atoms with Crippen molar-refractivity contribution in [2.45, 2.75) is 96.8 Å². The summed E-state index contributed by atoms with van der Waals surface area (Å²) >= 11 is 0. The minimum atomic E-state index is -0.300. The predicted molar refractivity (Wildman–Crippen MR) is 137 cm³/mol. The molecular weight excluding hydrogens is 408 g/mol. The van der Waals surface area contributed by atoms with Crippen LogP contribution in [0.4, 0.5) is 0 Å². The van der Waals surface area contributed by atoms with Crippen molar-refractivity contribution in [3.05, 3.63) is 64.2 Å². The maximum Gasteiger partial charge on any atom is 0.337 e. The SMILES string of the molecule is CCCCCCCOc1cc2c(cc1Cc1ccc(C(=O)OC)cc1)C(C)(C)CCC2(C)C. The summed E-state index contributed by atoms with van der Waals surface area (Å²) in [5.41, 5.74) is 6.19. The number of unbranched alkanes of at least 4 members (excludes halogenated alkanes) is 4. The molecule has 0 aromatic heterocycles. The summed E-state index contributed by atoms with van der Waals surface area (Å²) in [5, 5.41) is 0. The molecule has 2 aromatic carbocycles. The molecule has 0 saturated heterocycles. The van der Waals surface area contributed by atoms with Crippen LogP contribution in [0.1, 0.15) is 112 Å². The zero-order valence-corrected chi connectivity index (χ0v) is 21.6. The molecule has 0 spiro atoms. The van der Waals surface area contributed by atoms with E-state index in [1.54, 1.807) is 0 Å². The Balaban J connectivity index is 1.90. The monoisotopic (exact) mass is 450 g/mol. The molecule has 0 unspecified atom stereocenters. The minimum Gasteiger partial charge on any atom is -0.493 e. The first-order valence-electron chi connectivity index (χ1n) is 12.7. The maximum absolute atomic E-state index is 11.8. The molecule has 0 radical (unpaired) electrons. The molecule has 33 heavy (non-hydrogen) atoms. The van der Waals surface area contributed by atoms with E-state index in [0.29, 0.717) is 5.56 Å². The van der Waals surface area contributed by atoms with Crippen LogP contribution < -0.4 is 4.74 Å². The third-order valence-corrected chi connectivity index (χ3v) is 7.31. The number of hydrogen-bond donors (Lipinski definition) is 0. The Bertz CT molecular complexity index is 938. The number of carbonyl (C=O) groups is 1. The third kappa shape index (κ3) is 6.19. The van der Waals surface area contributed by atoms with E-state index in [4.69, 9.17) is 9.47 Å². The normalized spacial score (nSPS) is 16.2. The maximum atomic E-state index is 11.8. The number of ether oxygens (including phenoxy) is 2. The molecule has 0 heterocycles. The van der Waals surface area contributed by atoms with Gasteiger partial charge in [0.25, 0.3) is 0 Å². The summed E-state index contributed by atoms with van der Waals surface area (Å²) in [7, 11) is 1.42. The highest BCUT2D eigenvalue weighted by Crippen LogP contribution is 2.48. The number of rotatable bonds is 10. The van der Waals surface area contributed by atoms with Crippen LogP contribution >= 0.6 is 0 Å². The van der Waals surface area contributed by atoms with E-state index in [0.717, 1.165) is 25.2 Å². The second-order valence-corrected chi connectivity index (χ2v) is 10.9. The molecule has 0 amide bonds. The van der Waals surface area contributed by atoms with E-state index in [1.807, 2.05) is 24.3 Å². The van der Waals surface area contributed by atoms with Gasteiger partial charge in [0.2, 0.25) is 0 Å². The lowest BCUT2D eigenvalue weighted by molar-refractivity contribution is 0.0600. The first kappa shape index (κ1) is 25.3. The number of fused-ring (bicyclic) bond motifs is 1. The predicted octanol–water partition coefficient (Wildman–Crippen LogP) is 7.76. The molecule has 0 aliphatic heterocycles. The van der Waals surface area contributed by atoms with Crippen LogP contribution in [-0.2, 0) is 22.0 Å². The summed E-state index contributed by atoms with van der Waals surface area (Å²) in [6.07, 6.45) is 9.34. The number of hydrogen-bond acceptors (Lipinski definition) is 3. The van der Waals surface area contributed by atoms with E-state index >= 15 is 0 Å². The largest absolute Gasteiger partial charge is 0.493 e. The number of carbonyl (C=O) groups excluding carboxylic acids is 1. The summed E-state index contributed by atoms with van der Waals surface area (Å²) in [6.45, 7) is 12.5. The summed E-state index contributed by atoms with van der Waals surface area (Å²) in [5.74, 6) is 0.721. The Hall–Kier alpha value is -2.29. The molecule has 1 aliphatic carbocycles. The lowest BCUT2D eigenvalue weighted by Crippen LogP contribution is -2.34. The second-order valence-electron chi connectivity index (χ2n) is 10.9. The van der Waals surface area contributed by atoms with Crippen molar-refractivity contribution in [2.24, 2.45) is 0 Å². The standard InChI is InChI=1S/C30H42O3/c1-7-8-9-10-11-18-33-27-21-26-25(29(2,3)16-17-30(26,4)5)20-24(27)19-22-12-14-23(15-13-22)28(31)32-6/h12-15,20-21H,7-11,16-19H2,1-6H3. The van der Waals surface area contributed by atoms with Gasteiger partial charge in [-0.05, 0) is 70.5 Å². The van der Waals surface area contributed by atoms with Crippen LogP contribution in [0.25, 0.3) is 0 Å². The Morgan fingerprint density at radius 1 is 0.879 bits per heavy atom. The first-order valence-corrected chi connectivity index (χ1v) is 12.7. The van der Waals surface area contributed by atoms with Crippen LogP contribution in [0.2, 0.25) is 0 Å². The molecule has 3 nitrogen and oxygen atoms in total. The summed E-state index contributed by atoms with van der Waals surface area (Å²) in [6, 6.07) is 12.5. The Morgan fingerprint density at radius 3 is 2.09 bits per heavy atom. The first-order chi connectivity index (χ1) is 15.7. The van der Waals surface area contributed by atoms with E-state index in [1.165, 1.54) is 67.9 Å². The van der Waals surface area contributed by atoms with Crippen LogP contribution in [0.3, 0.4) is 0 Å². The van der Waals surface area contributed by atoms with E-state index in [2.05, 4.69) is 46.8 Å². The number of methoxy groups -OCH3 is 1. The van der Waals surface area contributed by atoms with Crippen LogP contribution in [0.5, 0.6) is 5.75 Å². The van der Waals surface area contributed by atoms with Gasteiger partial charge in [-0.3, -0.25) is 0 Å². The van der Waals surface area contributed by atoms with E-state index in [-0.39, 0.29) is 16.8 Å². The molecular formula is C30H42O3. The molecule has 0 fully saturated rings. The van der Waals surface area contributed by atoms with E-state index in [9.17, 15) is 4.79 Å². The van der Waals surface area contributed by atoms with Crippen molar-refractivity contribution in [1.82, 2.24) is 0 Å². The molecule has 0 saturated carbocycles. The number of esters is 1. The van der Waals surface area contributed by atoms with Crippen LogP contribution in [0.15, 0.2) is 36.4 Å². The lowest BCUT2D eigenvalue weighted by Gasteiger charge is -2.42. The van der Waals surface area contributed by atoms with E-state index < -0.39 is 0 Å². The van der Waals surface area contributed by atoms with Gasteiger partial charge in [0.15, 0.2) is 0 Å². The second kappa shape index (κ2) is 10.8. The molecule has 3 heteroatoms. The zero-order valence-electron chi connectivity index (χ0n) is 21.6. The van der Waals surface area contributed by atoms with Gasteiger partial charge >= 0.3 is 5.97 Å². The zero-order chi connectivity index (χ0) is 24.1. The highest BCUT2D eigenvalue weighted by atomic mass is 16.5.